The van der Waals surface area contributed by atoms with E-state index in [0.29, 0.717) is 29.4 Å². The highest BCUT2D eigenvalue weighted by Gasteiger charge is 2.20. The molecule has 0 saturated heterocycles. The van der Waals surface area contributed by atoms with Crippen molar-refractivity contribution in [3.8, 4) is 5.75 Å². The van der Waals surface area contributed by atoms with E-state index < -0.39 is 0 Å². The van der Waals surface area contributed by atoms with Crippen molar-refractivity contribution < 1.29 is 9.53 Å². The second-order valence-electron chi connectivity index (χ2n) is 4.64. The van der Waals surface area contributed by atoms with E-state index in [1.54, 1.807) is 6.07 Å². The number of carbonyl (C=O) groups is 1. The molecule has 0 spiro atoms. The highest BCUT2D eigenvalue weighted by atomic mass is 35.5. The van der Waals surface area contributed by atoms with Crippen molar-refractivity contribution in [1.29, 1.82) is 0 Å². The number of ether oxygens (including phenoxy) is 1. The van der Waals surface area contributed by atoms with Crippen LogP contribution < -0.4 is 4.74 Å². The van der Waals surface area contributed by atoms with E-state index in [1.165, 1.54) is 0 Å². The lowest BCUT2D eigenvalue weighted by Gasteiger charge is -2.04. The van der Waals surface area contributed by atoms with Crippen LogP contribution in [0, 0.1) is 0 Å². The van der Waals surface area contributed by atoms with Crippen LogP contribution in [-0.2, 0) is 0 Å². The van der Waals surface area contributed by atoms with Gasteiger partial charge in [0.05, 0.1) is 12.2 Å². The summed E-state index contributed by atoms with van der Waals surface area (Å²) in [6, 6.07) is 14.8. The maximum atomic E-state index is 12.5. The van der Waals surface area contributed by atoms with Crippen molar-refractivity contribution in [2.75, 3.05) is 6.61 Å². The molecule has 1 aliphatic rings. The SMILES string of the molecule is O=C1/C(=C/c2ccc(Cl)cc2)CCOc2ccccc21. The highest BCUT2D eigenvalue weighted by Crippen LogP contribution is 2.27. The number of halogens is 1. The first-order valence-electron chi connectivity index (χ1n) is 6.47. The number of hydrogen-bond acceptors (Lipinski definition) is 2. The second kappa shape index (κ2) is 5.51. The number of carbonyl (C=O) groups excluding carboxylic acids is 1. The lowest BCUT2D eigenvalue weighted by molar-refractivity contribution is 0.103. The summed E-state index contributed by atoms with van der Waals surface area (Å²) in [6.45, 7) is 0.516. The lowest BCUT2D eigenvalue weighted by atomic mass is 9.99. The Balaban J connectivity index is 1.98. The summed E-state index contributed by atoms with van der Waals surface area (Å²) < 4.78 is 5.62. The van der Waals surface area contributed by atoms with E-state index in [4.69, 9.17) is 16.3 Å². The van der Waals surface area contributed by atoms with E-state index in [1.807, 2.05) is 48.5 Å². The smallest absolute Gasteiger partial charge is 0.192 e. The van der Waals surface area contributed by atoms with E-state index in [-0.39, 0.29) is 5.78 Å². The molecular formula is C17H13ClO2. The minimum absolute atomic E-state index is 0.0352. The number of hydrogen-bond donors (Lipinski definition) is 0. The van der Waals surface area contributed by atoms with Gasteiger partial charge in [-0.15, -0.1) is 0 Å². The van der Waals surface area contributed by atoms with Gasteiger partial charge in [-0.2, -0.15) is 0 Å². The van der Waals surface area contributed by atoms with Crippen LogP contribution >= 0.6 is 11.6 Å². The first kappa shape index (κ1) is 12.9. The third-order valence-corrected chi connectivity index (χ3v) is 3.52. The second-order valence-corrected chi connectivity index (χ2v) is 5.08. The van der Waals surface area contributed by atoms with Gasteiger partial charge in [-0.1, -0.05) is 35.9 Å². The maximum absolute atomic E-state index is 12.5. The highest BCUT2D eigenvalue weighted by molar-refractivity contribution is 6.30. The molecule has 2 aromatic rings. The number of Topliss-reactive ketones (excluding diaryl/α,β-unsaturated/α-hetero) is 1. The molecule has 2 nitrogen and oxygen atoms in total. The molecule has 0 amide bonds. The minimum atomic E-state index is 0.0352. The van der Waals surface area contributed by atoms with Gasteiger partial charge in [0, 0.05) is 17.0 Å². The summed E-state index contributed by atoms with van der Waals surface area (Å²) in [5.74, 6) is 0.699. The van der Waals surface area contributed by atoms with Gasteiger partial charge in [-0.3, -0.25) is 4.79 Å². The lowest BCUT2D eigenvalue weighted by Crippen LogP contribution is -2.01. The standard InChI is InChI=1S/C17H13ClO2/c18-14-7-5-12(6-8-14)11-13-9-10-20-16-4-2-1-3-15(16)17(13)19/h1-8,11H,9-10H2/b13-11+. The van der Waals surface area contributed by atoms with Crippen molar-refractivity contribution in [3.05, 3.63) is 70.3 Å². The van der Waals surface area contributed by atoms with Crippen LogP contribution in [0.3, 0.4) is 0 Å². The number of rotatable bonds is 1. The Hall–Kier alpha value is -2.06. The normalized spacial score (nSPS) is 16.4. The summed E-state index contributed by atoms with van der Waals surface area (Å²) in [7, 11) is 0. The molecule has 0 fully saturated rings. The first-order valence-corrected chi connectivity index (χ1v) is 6.84. The zero-order valence-electron chi connectivity index (χ0n) is 10.8. The molecule has 20 heavy (non-hydrogen) atoms. The molecule has 3 heteroatoms. The molecule has 0 unspecified atom stereocenters. The molecule has 0 N–H and O–H groups in total. The molecule has 0 saturated carbocycles. The Bertz CT molecular complexity index is 672. The van der Waals surface area contributed by atoms with Gasteiger partial charge in [0.1, 0.15) is 5.75 Å². The Morgan fingerprint density at radius 3 is 2.60 bits per heavy atom. The third kappa shape index (κ3) is 2.61. The topological polar surface area (TPSA) is 26.3 Å². The van der Waals surface area contributed by atoms with Crippen molar-refractivity contribution in [2.45, 2.75) is 6.42 Å². The Kier molecular flexibility index (Phi) is 3.57. The fourth-order valence-corrected chi connectivity index (χ4v) is 2.36. The largest absolute Gasteiger partial charge is 0.492 e. The quantitative estimate of drug-likeness (QED) is 0.726. The summed E-state index contributed by atoms with van der Waals surface area (Å²) in [4.78, 5) is 12.5. The predicted molar refractivity (Wildman–Crippen MR) is 80.3 cm³/mol. The van der Waals surface area contributed by atoms with Crippen LogP contribution in [0.5, 0.6) is 5.75 Å². The molecule has 0 radical (unpaired) electrons. The average Bonchev–Trinajstić information content (AvgIpc) is 2.62. The van der Waals surface area contributed by atoms with Crippen LogP contribution in [0.2, 0.25) is 5.02 Å². The van der Waals surface area contributed by atoms with Crippen LogP contribution in [-0.4, -0.2) is 12.4 Å². The molecule has 1 heterocycles. The van der Waals surface area contributed by atoms with Gasteiger partial charge >= 0.3 is 0 Å². The fraction of sp³-hybridized carbons (Fsp3) is 0.118. The van der Waals surface area contributed by atoms with Crippen molar-refractivity contribution in [2.24, 2.45) is 0 Å². The van der Waals surface area contributed by atoms with E-state index in [2.05, 4.69) is 0 Å². The number of para-hydroxylation sites is 1. The number of benzene rings is 2. The summed E-state index contributed by atoms with van der Waals surface area (Å²) in [6.07, 6.45) is 2.51. The molecule has 3 rings (SSSR count). The molecule has 0 aromatic heterocycles. The van der Waals surface area contributed by atoms with Gasteiger partial charge in [-0.05, 0) is 35.9 Å². The fourth-order valence-electron chi connectivity index (χ4n) is 2.24. The van der Waals surface area contributed by atoms with Gasteiger partial charge in [0.25, 0.3) is 0 Å². The van der Waals surface area contributed by atoms with Crippen LogP contribution in [0.4, 0.5) is 0 Å². The first-order chi connectivity index (χ1) is 9.74. The zero-order valence-corrected chi connectivity index (χ0v) is 11.6. The summed E-state index contributed by atoms with van der Waals surface area (Å²) in [5, 5.41) is 0.688. The minimum Gasteiger partial charge on any atom is -0.492 e. The van der Waals surface area contributed by atoms with Gasteiger partial charge in [0.15, 0.2) is 5.78 Å². The molecule has 0 aliphatic carbocycles. The molecular weight excluding hydrogens is 272 g/mol. The summed E-state index contributed by atoms with van der Waals surface area (Å²) in [5.41, 5.74) is 2.36. The third-order valence-electron chi connectivity index (χ3n) is 3.26. The van der Waals surface area contributed by atoms with Gasteiger partial charge in [0.2, 0.25) is 0 Å². The average molecular weight is 285 g/mol. The molecule has 2 aromatic carbocycles. The van der Waals surface area contributed by atoms with Crippen LogP contribution in [0.15, 0.2) is 54.1 Å². The maximum Gasteiger partial charge on any atom is 0.192 e. The van der Waals surface area contributed by atoms with Gasteiger partial charge < -0.3 is 4.74 Å². The van der Waals surface area contributed by atoms with Crippen molar-refractivity contribution in [1.82, 2.24) is 0 Å². The molecule has 0 bridgehead atoms. The number of fused-ring (bicyclic) bond motifs is 1. The van der Waals surface area contributed by atoms with Crippen LogP contribution in [0.25, 0.3) is 6.08 Å². The van der Waals surface area contributed by atoms with E-state index >= 15 is 0 Å². The van der Waals surface area contributed by atoms with Gasteiger partial charge in [-0.25, -0.2) is 0 Å². The molecule has 0 atom stereocenters. The number of ketones is 1. The van der Waals surface area contributed by atoms with E-state index in [0.717, 1.165) is 11.1 Å². The Labute approximate surface area is 122 Å². The molecule has 100 valence electrons. The predicted octanol–water partition coefficient (Wildman–Crippen LogP) is 4.39. The Morgan fingerprint density at radius 2 is 1.80 bits per heavy atom. The Morgan fingerprint density at radius 1 is 1.05 bits per heavy atom. The zero-order chi connectivity index (χ0) is 13.9. The molecule has 1 aliphatic heterocycles. The van der Waals surface area contributed by atoms with Crippen molar-refractivity contribution in [3.63, 3.8) is 0 Å². The van der Waals surface area contributed by atoms with E-state index in [9.17, 15) is 4.79 Å². The summed E-state index contributed by atoms with van der Waals surface area (Å²) >= 11 is 5.87. The monoisotopic (exact) mass is 284 g/mol. The van der Waals surface area contributed by atoms with Crippen LogP contribution in [0.1, 0.15) is 22.3 Å². The van der Waals surface area contributed by atoms with Crippen molar-refractivity contribution >= 4 is 23.5 Å².